The van der Waals surface area contributed by atoms with Crippen LogP contribution in [0.5, 0.6) is 5.75 Å². The van der Waals surface area contributed by atoms with Crippen molar-refractivity contribution in [2.75, 3.05) is 0 Å². The van der Waals surface area contributed by atoms with Gasteiger partial charge in [-0.05, 0) is 57.7 Å². The summed E-state index contributed by atoms with van der Waals surface area (Å²) >= 11 is 0. The van der Waals surface area contributed by atoms with Gasteiger partial charge in [-0.2, -0.15) is 0 Å². The highest BCUT2D eigenvalue weighted by atomic mass is 16.4. The van der Waals surface area contributed by atoms with Crippen LogP contribution >= 0.6 is 0 Å². The molecule has 26 heavy (non-hydrogen) atoms. The van der Waals surface area contributed by atoms with Crippen LogP contribution in [-0.2, 0) is 6.42 Å². The number of carbonyl (C=O) groups excluding carboxylic acids is 1. The molecule has 0 radical (unpaired) electrons. The number of aromatic hydroxyl groups is 1. The monoisotopic (exact) mass is 359 g/mol. The number of hydrogen-bond donors (Lipinski definition) is 2. The zero-order chi connectivity index (χ0) is 19.5. The van der Waals surface area contributed by atoms with Crippen LogP contribution in [0.1, 0.15) is 75.4 Å². The number of aryl methyl sites for hydroxylation is 1. The van der Waals surface area contributed by atoms with Crippen LogP contribution in [0.15, 0.2) is 38.6 Å². The van der Waals surface area contributed by atoms with Gasteiger partial charge in [0, 0.05) is 12.5 Å². The van der Waals surface area contributed by atoms with Gasteiger partial charge in [-0.1, -0.05) is 31.1 Å². The molecule has 1 rings (SSSR count). The number of hydrogen-bond acceptors (Lipinski definition) is 5. The predicted octanol–water partition coefficient (Wildman–Crippen LogP) is 4.97. The summed E-state index contributed by atoms with van der Waals surface area (Å²) in [6.07, 6.45) is 10.8. The van der Waals surface area contributed by atoms with E-state index in [1.807, 2.05) is 13.0 Å². The lowest BCUT2D eigenvalue weighted by molar-refractivity contribution is 0.102. The van der Waals surface area contributed by atoms with Crippen molar-refractivity contribution in [3.05, 3.63) is 51.1 Å². The van der Waals surface area contributed by atoms with E-state index in [9.17, 15) is 14.7 Å². The molecular formula is C21H29NO4. The van der Waals surface area contributed by atoms with E-state index in [0.29, 0.717) is 24.2 Å². The van der Waals surface area contributed by atoms with Crippen molar-refractivity contribution in [1.82, 2.24) is 0 Å². The molecule has 5 heteroatoms. The summed E-state index contributed by atoms with van der Waals surface area (Å²) in [5, 5.41) is 17.1. The molecule has 0 spiro atoms. The van der Waals surface area contributed by atoms with Gasteiger partial charge in [0.1, 0.15) is 17.1 Å². The van der Waals surface area contributed by atoms with Crippen molar-refractivity contribution >= 4 is 12.0 Å². The summed E-state index contributed by atoms with van der Waals surface area (Å²) in [5.74, 6) is -0.509. The number of unbranched alkanes of at least 4 members (excludes halogenated alkanes) is 3. The van der Waals surface area contributed by atoms with E-state index in [1.54, 1.807) is 13.0 Å². The van der Waals surface area contributed by atoms with Gasteiger partial charge in [-0.3, -0.25) is 4.79 Å². The highest BCUT2D eigenvalue weighted by molar-refractivity contribution is 6.09. The summed E-state index contributed by atoms with van der Waals surface area (Å²) in [4.78, 5) is 24.6. The lowest BCUT2D eigenvalue weighted by Gasteiger charge is -2.05. The third-order valence-corrected chi connectivity index (χ3v) is 4.13. The third-order valence-electron chi connectivity index (χ3n) is 4.13. The molecule has 0 aliphatic carbocycles. The van der Waals surface area contributed by atoms with Crippen LogP contribution in [0, 0.1) is 5.41 Å². The Morgan fingerprint density at radius 2 is 1.96 bits per heavy atom. The molecule has 0 fully saturated rings. The van der Waals surface area contributed by atoms with Gasteiger partial charge in [0.05, 0.1) is 0 Å². The first-order chi connectivity index (χ1) is 12.4. The highest BCUT2D eigenvalue weighted by Gasteiger charge is 2.20. The van der Waals surface area contributed by atoms with Gasteiger partial charge >= 0.3 is 5.63 Å². The Balaban J connectivity index is 2.91. The lowest BCUT2D eigenvalue weighted by Crippen LogP contribution is -2.16. The molecule has 0 amide bonds. The Morgan fingerprint density at radius 3 is 2.58 bits per heavy atom. The molecule has 0 saturated heterocycles. The van der Waals surface area contributed by atoms with Gasteiger partial charge in [0.2, 0.25) is 0 Å². The summed E-state index contributed by atoms with van der Waals surface area (Å²) in [7, 11) is 0. The maximum Gasteiger partial charge on any atom is 0.351 e. The zero-order valence-electron chi connectivity index (χ0n) is 15.9. The molecule has 1 aromatic rings. The summed E-state index contributed by atoms with van der Waals surface area (Å²) < 4.78 is 5.18. The van der Waals surface area contributed by atoms with E-state index < -0.39 is 11.4 Å². The number of Topliss-reactive ketones (excluding diaryl/α,β-unsaturated/α-hetero) is 1. The molecule has 142 valence electrons. The molecule has 0 aliphatic heterocycles. The first-order valence-electron chi connectivity index (χ1n) is 9.14. The maximum absolute atomic E-state index is 12.5. The molecule has 2 N–H and O–H groups in total. The van der Waals surface area contributed by atoms with Crippen molar-refractivity contribution in [3.8, 4) is 5.75 Å². The van der Waals surface area contributed by atoms with Crippen LogP contribution in [0.3, 0.4) is 0 Å². The molecule has 0 unspecified atom stereocenters. The van der Waals surface area contributed by atoms with E-state index >= 15 is 0 Å². The molecular weight excluding hydrogens is 330 g/mol. The third kappa shape index (κ3) is 6.82. The molecule has 1 aromatic heterocycles. The van der Waals surface area contributed by atoms with Crippen LogP contribution in [-0.4, -0.2) is 17.1 Å². The molecule has 0 aromatic carbocycles. The van der Waals surface area contributed by atoms with Crippen molar-refractivity contribution in [2.24, 2.45) is 0 Å². The second kappa shape index (κ2) is 11.2. The number of ketones is 1. The highest BCUT2D eigenvalue weighted by Crippen LogP contribution is 2.20. The minimum absolute atomic E-state index is 0.318. The van der Waals surface area contributed by atoms with E-state index in [-0.39, 0.29) is 11.3 Å². The number of allylic oxidation sites excluding steroid dienone is 4. The van der Waals surface area contributed by atoms with E-state index in [4.69, 9.17) is 9.83 Å². The topological polar surface area (TPSA) is 91.4 Å². The van der Waals surface area contributed by atoms with Crippen LogP contribution in [0.25, 0.3) is 0 Å². The Hall–Kier alpha value is -2.43. The van der Waals surface area contributed by atoms with Gasteiger partial charge in [0.25, 0.3) is 0 Å². The fourth-order valence-electron chi connectivity index (χ4n) is 2.49. The fourth-order valence-corrected chi connectivity index (χ4v) is 2.49. The normalized spacial score (nSPS) is 12.3. The number of rotatable bonds is 11. The van der Waals surface area contributed by atoms with Crippen LogP contribution in [0.4, 0.5) is 0 Å². The van der Waals surface area contributed by atoms with Gasteiger partial charge in [-0.25, -0.2) is 4.79 Å². The fraction of sp³-hybridized carbons (Fsp3) is 0.476. The SMILES string of the molecule is CCCCC(C)=CC=C(C)C(=O)c1c(O)cc(CCCCC=N)oc1=O. The minimum atomic E-state index is -0.809. The van der Waals surface area contributed by atoms with Crippen LogP contribution < -0.4 is 5.63 Å². The van der Waals surface area contributed by atoms with Crippen molar-refractivity contribution in [2.45, 2.75) is 65.7 Å². The Labute approximate surface area is 154 Å². The maximum atomic E-state index is 12.5. The van der Waals surface area contributed by atoms with E-state index in [0.717, 1.165) is 37.7 Å². The zero-order valence-corrected chi connectivity index (χ0v) is 15.9. The smallest absolute Gasteiger partial charge is 0.351 e. The predicted molar refractivity (Wildman–Crippen MR) is 104 cm³/mol. The van der Waals surface area contributed by atoms with Crippen LogP contribution in [0.2, 0.25) is 0 Å². The summed E-state index contributed by atoms with van der Waals surface area (Å²) in [5.41, 5.74) is 0.413. The first-order valence-corrected chi connectivity index (χ1v) is 9.14. The molecule has 0 bridgehead atoms. The van der Waals surface area contributed by atoms with Gasteiger partial charge < -0.3 is 14.9 Å². The molecule has 0 saturated carbocycles. The quantitative estimate of drug-likeness (QED) is 0.192. The Kier molecular flexibility index (Phi) is 9.34. The van der Waals surface area contributed by atoms with Crippen molar-refractivity contribution in [1.29, 1.82) is 5.41 Å². The molecule has 1 heterocycles. The summed E-state index contributed by atoms with van der Waals surface area (Å²) in [6, 6.07) is 1.34. The molecule has 0 atom stereocenters. The average Bonchev–Trinajstić information content (AvgIpc) is 2.60. The lowest BCUT2D eigenvalue weighted by atomic mass is 10.0. The minimum Gasteiger partial charge on any atom is -0.507 e. The van der Waals surface area contributed by atoms with Crippen molar-refractivity contribution < 1.29 is 14.3 Å². The van der Waals surface area contributed by atoms with E-state index in [1.165, 1.54) is 12.3 Å². The summed E-state index contributed by atoms with van der Waals surface area (Å²) in [6.45, 7) is 5.75. The molecule has 0 aliphatic rings. The second-order valence-corrected chi connectivity index (χ2v) is 6.51. The molecule has 5 nitrogen and oxygen atoms in total. The van der Waals surface area contributed by atoms with Crippen molar-refractivity contribution in [3.63, 3.8) is 0 Å². The van der Waals surface area contributed by atoms with Gasteiger partial charge in [-0.15, -0.1) is 0 Å². The van der Waals surface area contributed by atoms with E-state index in [2.05, 4.69) is 6.92 Å². The largest absolute Gasteiger partial charge is 0.507 e. The number of nitrogens with one attached hydrogen (secondary N) is 1. The Morgan fingerprint density at radius 1 is 1.23 bits per heavy atom. The first kappa shape index (κ1) is 21.6. The van der Waals surface area contributed by atoms with Gasteiger partial charge in [0.15, 0.2) is 5.78 Å². The second-order valence-electron chi connectivity index (χ2n) is 6.51. The average molecular weight is 359 g/mol. The Bertz CT molecular complexity index is 741. The standard InChI is InChI=1S/C21H29NO4/c1-4-5-9-15(2)11-12-16(3)20(24)19-18(23)14-17(26-21(19)25)10-7-6-8-13-22/h11-14,22-23H,4-10H2,1-3H3. The number of carbonyl (C=O) groups is 1.